The molecule has 0 saturated carbocycles. The first kappa shape index (κ1) is 3.30. The molecule has 0 aliphatic carbocycles. The molecule has 0 amide bonds. The van der Waals surface area contributed by atoms with E-state index in [2.05, 4.69) is 4.98 Å². The van der Waals surface area contributed by atoms with Crippen molar-refractivity contribution in [2.75, 3.05) is 0 Å². The van der Waals surface area contributed by atoms with Crippen LogP contribution in [-0.4, -0.2) is 4.98 Å². The van der Waals surface area contributed by atoms with E-state index >= 15 is 0 Å². The van der Waals surface area contributed by atoms with E-state index in [1.165, 1.54) is 0 Å². The van der Waals surface area contributed by atoms with Crippen molar-refractivity contribution in [3.05, 3.63) is 23.5 Å². The van der Waals surface area contributed by atoms with Crippen LogP contribution in [0.25, 0.3) is 0 Å². The lowest BCUT2D eigenvalue weighted by atomic mass is 10.5. The Morgan fingerprint density at radius 2 is 2.29 bits per heavy atom. The van der Waals surface area contributed by atoms with Crippen LogP contribution in [0.15, 0.2) is 12.1 Å². The molecule has 0 fully saturated rings. The molecule has 7 heavy (non-hydrogen) atoms. The molecular weight excluding hydrogens is 86.1 g/mol. The molecule has 0 aliphatic heterocycles. The quantitative estimate of drug-likeness (QED) is 0.505. The average molecular weight is 96.2 g/mol. The highest BCUT2D eigenvalue weighted by molar-refractivity contribution is 5.09. The molecule has 1 aromatic rings. The lowest BCUT2D eigenvalue weighted by molar-refractivity contribution is 1.19. The molecule has 1 N–H and O–H groups in total. The first-order valence-corrected chi connectivity index (χ1v) is 2.26. The van der Waals surface area contributed by atoms with Gasteiger partial charge in [-0.25, -0.2) is 0 Å². The van der Waals surface area contributed by atoms with Crippen molar-refractivity contribution in [3.8, 4) is 0 Å². The third-order valence-corrected chi connectivity index (χ3v) is 0.892. The van der Waals surface area contributed by atoms with Gasteiger partial charge in [0.25, 0.3) is 0 Å². The SMILES string of the molecule is [2H]Cc1ccc(C)[nH]1. The Balaban J connectivity index is 2.84. The summed E-state index contributed by atoms with van der Waals surface area (Å²) >= 11 is 0. The Morgan fingerprint density at radius 1 is 1.57 bits per heavy atom. The van der Waals surface area contributed by atoms with Crippen molar-refractivity contribution in [1.82, 2.24) is 4.98 Å². The lowest BCUT2D eigenvalue weighted by Gasteiger charge is -1.77. The van der Waals surface area contributed by atoms with Crippen molar-refractivity contribution in [1.29, 1.82) is 0 Å². The van der Waals surface area contributed by atoms with Gasteiger partial charge in [0.05, 0.1) is 0 Å². The predicted molar refractivity (Wildman–Crippen MR) is 30.3 cm³/mol. The second kappa shape index (κ2) is 1.41. The van der Waals surface area contributed by atoms with Crippen LogP contribution in [0, 0.1) is 13.8 Å². The maximum atomic E-state index is 6.93. The first-order valence-electron chi connectivity index (χ1n) is 2.97. The number of rotatable bonds is 0. The predicted octanol–water partition coefficient (Wildman–Crippen LogP) is 1.63. The molecule has 0 spiro atoms. The molecule has 0 radical (unpaired) electrons. The standard InChI is InChI=1S/C6H9N/c1-5-3-4-6(2)7-5/h3-4,7H,1-2H3/i1D. The van der Waals surface area contributed by atoms with Crippen molar-refractivity contribution >= 4 is 0 Å². The van der Waals surface area contributed by atoms with Crippen molar-refractivity contribution in [3.63, 3.8) is 0 Å². The topological polar surface area (TPSA) is 15.8 Å². The number of aromatic nitrogens is 1. The minimum Gasteiger partial charge on any atom is -0.363 e. The molecule has 0 bridgehead atoms. The summed E-state index contributed by atoms with van der Waals surface area (Å²) in [6.07, 6.45) is 0. The Hall–Kier alpha value is -0.720. The third-order valence-electron chi connectivity index (χ3n) is 0.892. The first-order chi connectivity index (χ1) is 3.83. The smallest absolute Gasteiger partial charge is 0.0295 e. The highest BCUT2D eigenvalue weighted by Crippen LogP contribution is 1.95. The number of nitrogens with one attached hydrogen (secondary N) is 1. The highest BCUT2D eigenvalue weighted by atomic mass is 14.7. The zero-order chi connectivity index (χ0) is 5.98. The van der Waals surface area contributed by atoms with E-state index in [0.29, 0.717) is 6.90 Å². The van der Waals surface area contributed by atoms with Gasteiger partial charge in [-0.1, -0.05) is 0 Å². The second-order valence-corrected chi connectivity index (χ2v) is 1.67. The zero-order valence-corrected chi connectivity index (χ0v) is 4.36. The van der Waals surface area contributed by atoms with E-state index in [9.17, 15) is 0 Å². The number of aryl methyl sites for hydroxylation is 2. The number of hydrogen-bond acceptors (Lipinski definition) is 0. The maximum absolute atomic E-state index is 6.93. The van der Waals surface area contributed by atoms with E-state index < -0.39 is 0 Å². The van der Waals surface area contributed by atoms with Gasteiger partial charge in [-0.15, -0.1) is 0 Å². The van der Waals surface area contributed by atoms with E-state index in [1.807, 2.05) is 19.1 Å². The highest BCUT2D eigenvalue weighted by Gasteiger charge is 1.82. The Labute approximate surface area is 44.8 Å². The normalized spacial score (nSPS) is 11.3. The monoisotopic (exact) mass is 96.1 g/mol. The Morgan fingerprint density at radius 3 is 2.57 bits per heavy atom. The van der Waals surface area contributed by atoms with Crippen molar-refractivity contribution in [2.24, 2.45) is 0 Å². The summed E-state index contributed by atoms with van der Waals surface area (Å²) in [5.74, 6) is 0. The molecule has 0 aliphatic rings. The third kappa shape index (κ3) is 0.829. The summed E-state index contributed by atoms with van der Waals surface area (Å²) in [6, 6.07) is 3.91. The number of H-pyrrole nitrogens is 1. The van der Waals surface area contributed by atoms with Crippen molar-refractivity contribution < 1.29 is 1.37 Å². The molecule has 1 aromatic heterocycles. The average Bonchev–Trinajstić information content (AvgIpc) is 2.14. The molecule has 1 nitrogen and oxygen atoms in total. The minimum absolute atomic E-state index is 0.355. The van der Waals surface area contributed by atoms with E-state index in [4.69, 9.17) is 1.37 Å². The van der Waals surface area contributed by atoms with Gasteiger partial charge in [0.1, 0.15) is 0 Å². The van der Waals surface area contributed by atoms with Gasteiger partial charge in [-0.05, 0) is 26.0 Å². The maximum Gasteiger partial charge on any atom is 0.0295 e. The molecule has 38 valence electrons. The summed E-state index contributed by atoms with van der Waals surface area (Å²) in [4.78, 5) is 3.04. The molecular formula is C6H9N. The molecule has 1 heterocycles. The summed E-state index contributed by atoms with van der Waals surface area (Å²) in [6.45, 7) is 2.34. The molecule has 0 atom stereocenters. The van der Waals surface area contributed by atoms with Crippen LogP contribution in [0.4, 0.5) is 0 Å². The van der Waals surface area contributed by atoms with Crippen LogP contribution < -0.4 is 0 Å². The summed E-state index contributed by atoms with van der Waals surface area (Å²) < 4.78 is 6.93. The van der Waals surface area contributed by atoms with Crippen molar-refractivity contribution in [2.45, 2.75) is 13.8 Å². The summed E-state index contributed by atoms with van der Waals surface area (Å²) in [5, 5.41) is 0. The Bertz CT molecular complexity index is 169. The zero-order valence-electron chi connectivity index (χ0n) is 5.36. The van der Waals surface area contributed by atoms with E-state index in [0.717, 1.165) is 11.4 Å². The van der Waals surface area contributed by atoms with Gasteiger partial charge in [0, 0.05) is 12.8 Å². The van der Waals surface area contributed by atoms with Gasteiger partial charge < -0.3 is 4.98 Å². The van der Waals surface area contributed by atoms with Crippen LogP contribution in [0.2, 0.25) is 0 Å². The summed E-state index contributed by atoms with van der Waals surface area (Å²) in [7, 11) is 0. The van der Waals surface area contributed by atoms with Crippen LogP contribution in [0.3, 0.4) is 0 Å². The second-order valence-electron chi connectivity index (χ2n) is 1.67. The fraction of sp³-hybridized carbons (Fsp3) is 0.333. The molecule has 0 saturated heterocycles. The van der Waals surface area contributed by atoms with Gasteiger partial charge in [-0.2, -0.15) is 0 Å². The molecule has 1 rings (SSSR count). The summed E-state index contributed by atoms with van der Waals surface area (Å²) in [5.41, 5.74) is 2.12. The van der Waals surface area contributed by atoms with Gasteiger partial charge in [0.2, 0.25) is 0 Å². The van der Waals surface area contributed by atoms with E-state index in [-0.39, 0.29) is 0 Å². The van der Waals surface area contributed by atoms with E-state index in [1.54, 1.807) is 0 Å². The fourth-order valence-corrected chi connectivity index (χ4v) is 0.562. The van der Waals surface area contributed by atoms with Crippen LogP contribution in [0.5, 0.6) is 0 Å². The van der Waals surface area contributed by atoms with Gasteiger partial charge >= 0.3 is 0 Å². The lowest BCUT2D eigenvalue weighted by Crippen LogP contribution is -1.67. The van der Waals surface area contributed by atoms with Crippen LogP contribution in [-0.2, 0) is 0 Å². The van der Waals surface area contributed by atoms with Crippen LogP contribution in [0.1, 0.15) is 12.8 Å². The van der Waals surface area contributed by atoms with Gasteiger partial charge in [0.15, 0.2) is 0 Å². The Kier molecular flexibility index (Phi) is 0.666. The fourth-order valence-electron chi connectivity index (χ4n) is 0.562. The minimum atomic E-state index is 0.355. The molecule has 0 unspecified atom stereocenters. The molecule has 0 aromatic carbocycles. The number of aromatic amines is 1. The number of hydrogen-bond donors (Lipinski definition) is 1. The largest absolute Gasteiger partial charge is 0.363 e. The molecule has 1 heteroatoms. The van der Waals surface area contributed by atoms with Crippen LogP contribution >= 0.6 is 0 Å². The van der Waals surface area contributed by atoms with Gasteiger partial charge in [-0.3, -0.25) is 0 Å².